The van der Waals surface area contributed by atoms with Gasteiger partial charge in [-0.1, -0.05) is 19.3 Å². The van der Waals surface area contributed by atoms with Gasteiger partial charge in [0.1, 0.15) is 0 Å². The van der Waals surface area contributed by atoms with E-state index < -0.39 is 5.91 Å². The van der Waals surface area contributed by atoms with Crippen LogP contribution in [0.4, 0.5) is 11.4 Å². The standard InChI is InChI=1S/C15H23N3O/c1-18(10-11-5-3-2-4-6-11)14-9-12(16)7-8-13(14)15(17)19/h7-9,11H,2-6,10,16H2,1H3,(H2,17,19). The highest BCUT2D eigenvalue weighted by Gasteiger charge is 2.18. The van der Waals surface area contributed by atoms with E-state index in [2.05, 4.69) is 4.90 Å². The zero-order valence-corrected chi connectivity index (χ0v) is 11.6. The minimum Gasteiger partial charge on any atom is -0.399 e. The number of primary amides is 1. The molecule has 2 rings (SSSR count). The fourth-order valence-corrected chi connectivity index (χ4v) is 2.93. The Morgan fingerprint density at radius 1 is 1.32 bits per heavy atom. The zero-order valence-electron chi connectivity index (χ0n) is 11.6. The fourth-order valence-electron chi connectivity index (χ4n) is 2.93. The minimum atomic E-state index is -0.398. The zero-order chi connectivity index (χ0) is 13.8. The molecule has 0 saturated heterocycles. The number of nitrogen functional groups attached to an aromatic ring is 1. The van der Waals surface area contributed by atoms with E-state index in [9.17, 15) is 4.79 Å². The van der Waals surface area contributed by atoms with Crippen molar-refractivity contribution in [1.29, 1.82) is 0 Å². The average molecular weight is 261 g/mol. The van der Waals surface area contributed by atoms with Gasteiger partial charge < -0.3 is 16.4 Å². The van der Waals surface area contributed by atoms with E-state index in [0.29, 0.717) is 17.2 Å². The molecule has 1 fully saturated rings. The lowest BCUT2D eigenvalue weighted by Crippen LogP contribution is -2.29. The Labute approximate surface area is 114 Å². The van der Waals surface area contributed by atoms with Gasteiger partial charge in [-0.25, -0.2) is 0 Å². The van der Waals surface area contributed by atoms with Gasteiger partial charge in [0.2, 0.25) is 0 Å². The molecule has 0 atom stereocenters. The molecule has 0 bridgehead atoms. The Morgan fingerprint density at radius 2 is 2.00 bits per heavy atom. The topological polar surface area (TPSA) is 72.3 Å². The van der Waals surface area contributed by atoms with Crippen LogP contribution in [0.1, 0.15) is 42.5 Å². The van der Waals surface area contributed by atoms with Crippen molar-refractivity contribution in [2.24, 2.45) is 11.7 Å². The van der Waals surface area contributed by atoms with Crippen LogP contribution in [0.15, 0.2) is 18.2 Å². The van der Waals surface area contributed by atoms with E-state index in [1.54, 1.807) is 12.1 Å². The molecule has 1 aromatic rings. The van der Waals surface area contributed by atoms with Gasteiger partial charge in [-0.15, -0.1) is 0 Å². The second kappa shape index (κ2) is 5.95. The average Bonchev–Trinajstić information content (AvgIpc) is 2.39. The SMILES string of the molecule is CN(CC1CCCCC1)c1cc(N)ccc1C(N)=O. The van der Waals surface area contributed by atoms with Crippen LogP contribution < -0.4 is 16.4 Å². The van der Waals surface area contributed by atoms with Gasteiger partial charge in [0, 0.05) is 19.3 Å². The summed E-state index contributed by atoms with van der Waals surface area (Å²) in [6, 6.07) is 5.27. The van der Waals surface area contributed by atoms with Gasteiger partial charge in [-0.2, -0.15) is 0 Å². The second-order valence-electron chi connectivity index (χ2n) is 5.53. The van der Waals surface area contributed by atoms with E-state index in [0.717, 1.165) is 12.2 Å². The first-order valence-electron chi connectivity index (χ1n) is 6.98. The number of hydrogen-bond acceptors (Lipinski definition) is 3. The molecule has 0 radical (unpaired) electrons. The Hall–Kier alpha value is -1.71. The van der Waals surface area contributed by atoms with Crippen LogP contribution >= 0.6 is 0 Å². The van der Waals surface area contributed by atoms with Gasteiger partial charge in [0.25, 0.3) is 5.91 Å². The first kappa shape index (κ1) is 13.7. The van der Waals surface area contributed by atoms with Crippen LogP contribution in [0, 0.1) is 5.92 Å². The monoisotopic (exact) mass is 261 g/mol. The van der Waals surface area contributed by atoms with Crippen molar-refractivity contribution >= 4 is 17.3 Å². The van der Waals surface area contributed by atoms with Crippen molar-refractivity contribution < 1.29 is 4.79 Å². The number of carbonyl (C=O) groups is 1. The summed E-state index contributed by atoms with van der Waals surface area (Å²) >= 11 is 0. The Kier molecular flexibility index (Phi) is 4.30. The van der Waals surface area contributed by atoms with Crippen LogP contribution in [0.3, 0.4) is 0 Å². The van der Waals surface area contributed by atoms with E-state index in [-0.39, 0.29) is 0 Å². The van der Waals surface area contributed by atoms with Gasteiger partial charge in [0.15, 0.2) is 0 Å². The van der Waals surface area contributed by atoms with Crippen molar-refractivity contribution in [2.75, 3.05) is 24.2 Å². The Morgan fingerprint density at radius 3 is 2.63 bits per heavy atom. The number of nitrogens with two attached hydrogens (primary N) is 2. The Balaban J connectivity index is 2.14. The van der Waals surface area contributed by atoms with E-state index >= 15 is 0 Å². The highest BCUT2D eigenvalue weighted by Crippen LogP contribution is 2.28. The lowest BCUT2D eigenvalue weighted by atomic mass is 9.89. The third-order valence-corrected chi connectivity index (χ3v) is 3.96. The predicted octanol–water partition coefficient (Wildman–Crippen LogP) is 2.38. The first-order chi connectivity index (χ1) is 9.08. The minimum absolute atomic E-state index is 0.398. The summed E-state index contributed by atoms with van der Waals surface area (Å²) < 4.78 is 0. The van der Waals surface area contributed by atoms with Crippen molar-refractivity contribution in [1.82, 2.24) is 0 Å². The fraction of sp³-hybridized carbons (Fsp3) is 0.533. The summed E-state index contributed by atoms with van der Waals surface area (Å²) in [5.41, 5.74) is 13.3. The largest absolute Gasteiger partial charge is 0.399 e. The van der Waals surface area contributed by atoms with Crippen molar-refractivity contribution in [3.8, 4) is 0 Å². The molecule has 0 heterocycles. The molecular formula is C15H23N3O. The molecule has 1 aliphatic rings. The summed E-state index contributed by atoms with van der Waals surface area (Å²) in [6.07, 6.45) is 6.54. The smallest absolute Gasteiger partial charge is 0.250 e. The molecule has 0 aliphatic heterocycles. The summed E-state index contributed by atoms with van der Waals surface area (Å²) in [7, 11) is 2.01. The molecule has 4 nitrogen and oxygen atoms in total. The first-order valence-corrected chi connectivity index (χ1v) is 6.98. The molecule has 104 valence electrons. The lowest BCUT2D eigenvalue weighted by molar-refractivity contribution is 0.100. The number of amides is 1. The van der Waals surface area contributed by atoms with Gasteiger partial charge in [-0.05, 0) is 37.0 Å². The van der Waals surface area contributed by atoms with Crippen molar-refractivity contribution in [3.63, 3.8) is 0 Å². The molecule has 4 N–H and O–H groups in total. The molecule has 1 saturated carbocycles. The van der Waals surface area contributed by atoms with Crippen LogP contribution in [0.25, 0.3) is 0 Å². The summed E-state index contributed by atoms with van der Waals surface area (Å²) in [5, 5.41) is 0. The predicted molar refractivity (Wildman–Crippen MR) is 79.2 cm³/mol. The summed E-state index contributed by atoms with van der Waals surface area (Å²) in [6.45, 7) is 0.962. The molecular weight excluding hydrogens is 238 g/mol. The maximum Gasteiger partial charge on any atom is 0.250 e. The lowest BCUT2D eigenvalue weighted by Gasteiger charge is -2.29. The molecule has 0 spiro atoms. The van der Waals surface area contributed by atoms with E-state index in [4.69, 9.17) is 11.5 Å². The maximum atomic E-state index is 11.5. The van der Waals surface area contributed by atoms with Gasteiger partial charge >= 0.3 is 0 Å². The molecule has 4 heteroatoms. The maximum absolute atomic E-state index is 11.5. The number of hydrogen-bond donors (Lipinski definition) is 2. The van der Waals surface area contributed by atoms with E-state index in [1.165, 1.54) is 32.1 Å². The molecule has 1 aliphatic carbocycles. The number of carbonyl (C=O) groups excluding carboxylic acids is 1. The van der Waals surface area contributed by atoms with Gasteiger partial charge in [0.05, 0.1) is 11.3 Å². The quantitative estimate of drug-likeness (QED) is 0.817. The molecule has 0 aromatic heterocycles. The summed E-state index contributed by atoms with van der Waals surface area (Å²) in [4.78, 5) is 13.6. The number of benzene rings is 1. The van der Waals surface area contributed by atoms with Crippen molar-refractivity contribution in [3.05, 3.63) is 23.8 Å². The molecule has 1 amide bonds. The van der Waals surface area contributed by atoms with Crippen LogP contribution in [0.2, 0.25) is 0 Å². The molecule has 1 aromatic carbocycles. The summed E-state index contributed by atoms with van der Waals surface area (Å²) in [5.74, 6) is 0.311. The number of anilines is 2. The molecule has 19 heavy (non-hydrogen) atoms. The third-order valence-electron chi connectivity index (χ3n) is 3.96. The second-order valence-corrected chi connectivity index (χ2v) is 5.53. The van der Waals surface area contributed by atoms with Crippen LogP contribution in [-0.2, 0) is 0 Å². The molecule has 0 unspecified atom stereocenters. The normalized spacial score (nSPS) is 16.3. The third kappa shape index (κ3) is 3.40. The highest BCUT2D eigenvalue weighted by molar-refractivity contribution is 5.99. The number of rotatable bonds is 4. The Bertz CT molecular complexity index is 453. The highest BCUT2D eigenvalue weighted by atomic mass is 16.1. The van der Waals surface area contributed by atoms with Gasteiger partial charge in [-0.3, -0.25) is 4.79 Å². The van der Waals surface area contributed by atoms with Crippen LogP contribution in [0.5, 0.6) is 0 Å². The van der Waals surface area contributed by atoms with E-state index in [1.807, 2.05) is 13.1 Å². The van der Waals surface area contributed by atoms with Crippen LogP contribution in [-0.4, -0.2) is 19.5 Å². The van der Waals surface area contributed by atoms with Crippen molar-refractivity contribution in [2.45, 2.75) is 32.1 Å². The number of nitrogens with zero attached hydrogens (tertiary/aromatic N) is 1.